The molecule has 0 bridgehead atoms. The first-order chi connectivity index (χ1) is 13.1. The molecule has 1 amide bonds. The van der Waals surface area contributed by atoms with Gasteiger partial charge < -0.3 is 10.2 Å². The van der Waals surface area contributed by atoms with Crippen LogP contribution in [0.1, 0.15) is 28.8 Å². The Morgan fingerprint density at radius 3 is 2.26 bits per heavy atom. The number of rotatable bonds is 6. The number of carbonyl (C=O) groups is 1. The van der Waals surface area contributed by atoms with Crippen LogP contribution in [0, 0.1) is 0 Å². The van der Waals surface area contributed by atoms with E-state index in [9.17, 15) is 4.79 Å². The summed E-state index contributed by atoms with van der Waals surface area (Å²) in [6, 6.07) is 16.5. The van der Waals surface area contributed by atoms with Crippen molar-refractivity contribution in [2.45, 2.75) is 25.4 Å². The highest BCUT2D eigenvalue weighted by Gasteiger charge is 2.33. The Labute approximate surface area is 159 Å². The van der Waals surface area contributed by atoms with Crippen molar-refractivity contribution >= 4 is 11.6 Å². The molecule has 1 N–H and O–H groups in total. The second-order valence-electron chi connectivity index (χ2n) is 7.09. The molecular formula is C22H24N4O. The van der Waals surface area contributed by atoms with Gasteiger partial charge in [0.25, 0.3) is 5.91 Å². The fraction of sp³-hybridized carbons (Fsp3) is 0.273. The van der Waals surface area contributed by atoms with Crippen LogP contribution in [-0.2, 0) is 13.6 Å². The normalized spacial score (nSPS) is 13.4. The van der Waals surface area contributed by atoms with E-state index in [0.29, 0.717) is 12.6 Å². The van der Waals surface area contributed by atoms with Crippen LogP contribution in [0.3, 0.4) is 0 Å². The minimum atomic E-state index is 0.0958. The second kappa shape index (κ2) is 7.27. The summed E-state index contributed by atoms with van der Waals surface area (Å²) in [6.07, 6.45) is 5.98. The van der Waals surface area contributed by atoms with Crippen LogP contribution in [-0.4, -0.2) is 33.7 Å². The number of hydrogen-bond donors (Lipinski definition) is 1. The Morgan fingerprint density at radius 2 is 1.74 bits per heavy atom. The van der Waals surface area contributed by atoms with E-state index in [2.05, 4.69) is 34.7 Å². The van der Waals surface area contributed by atoms with Crippen molar-refractivity contribution in [3.8, 4) is 11.1 Å². The lowest BCUT2D eigenvalue weighted by molar-refractivity contribution is 0.0730. The highest BCUT2D eigenvalue weighted by atomic mass is 16.2. The fourth-order valence-corrected chi connectivity index (χ4v) is 3.30. The third-order valence-corrected chi connectivity index (χ3v) is 5.00. The SMILES string of the molecule is CNc1ccc(-c2ccc(C(=O)N(Cc3cnn(C)c3)C3CC3)cc2)cc1. The summed E-state index contributed by atoms with van der Waals surface area (Å²) in [5.74, 6) is 0.0958. The van der Waals surface area contributed by atoms with Gasteiger partial charge >= 0.3 is 0 Å². The molecule has 0 radical (unpaired) electrons. The van der Waals surface area contributed by atoms with E-state index in [-0.39, 0.29) is 5.91 Å². The Hall–Kier alpha value is -3.08. The van der Waals surface area contributed by atoms with Crippen LogP contribution in [0.15, 0.2) is 60.9 Å². The fourth-order valence-electron chi connectivity index (χ4n) is 3.30. The summed E-state index contributed by atoms with van der Waals surface area (Å²) in [5, 5.41) is 7.34. The van der Waals surface area contributed by atoms with Crippen LogP contribution < -0.4 is 5.32 Å². The summed E-state index contributed by atoms with van der Waals surface area (Å²) in [6.45, 7) is 0.616. The second-order valence-corrected chi connectivity index (χ2v) is 7.09. The van der Waals surface area contributed by atoms with Gasteiger partial charge in [0.05, 0.1) is 6.20 Å². The molecule has 1 aliphatic carbocycles. The largest absolute Gasteiger partial charge is 0.388 e. The Morgan fingerprint density at radius 1 is 1.11 bits per heavy atom. The maximum atomic E-state index is 13.1. The molecule has 1 aliphatic rings. The lowest BCUT2D eigenvalue weighted by atomic mass is 10.0. The zero-order valence-corrected chi connectivity index (χ0v) is 15.7. The number of aromatic nitrogens is 2. The van der Waals surface area contributed by atoms with E-state index in [0.717, 1.165) is 40.8 Å². The average Bonchev–Trinajstić information content (AvgIpc) is 3.47. The lowest BCUT2D eigenvalue weighted by Crippen LogP contribution is -2.32. The molecule has 4 rings (SSSR count). The molecule has 5 heteroatoms. The molecule has 138 valence electrons. The molecule has 27 heavy (non-hydrogen) atoms. The van der Waals surface area contributed by atoms with Crippen molar-refractivity contribution in [3.05, 3.63) is 72.1 Å². The van der Waals surface area contributed by atoms with Gasteiger partial charge in [0.1, 0.15) is 0 Å². The molecule has 0 saturated heterocycles. The van der Waals surface area contributed by atoms with E-state index in [1.54, 1.807) is 4.68 Å². The van der Waals surface area contributed by atoms with Crippen LogP contribution >= 0.6 is 0 Å². The molecule has 0 spiro atoms. The predicted molar refractivity (Wildman–Crippen MR) is 108 cm³/mol. The first-order valence-electron chi connectivity index (χ1n) is 9.31. The Balaban J connectivity index is 1.51. The molecule has 5 nitrogen and oxygen atoms in total. The number of nitrogens with zero attached hydrogens (tertiary/aromatic N) is 3. The number of amides is 1. The monoisotopic (exact) mass is 360 g/mol. The van der Waals surface area contributed by atoms with Crippen molar-refractivity contribution in [2.75, 3.05) is 12.4 Å². The van der Waals surface area contributed by atoms with E-state index < -0.39 is 0 Å². The Bertz CT molecular complexity index is 924. The minimum Gasteiger partial charge on any atom is -0.388 e. The summed E-state index contributed by atoms with van der Waals surface area (Å²) >= 11 is 0. The number of nitrogens with one attached hydrogen (secondary N) is 1. The van der Waals surface area contributed by atoms with Gasteiger partial charge in [-0.3, -0.25) is 9.48 Å². The van der Waals surface area contributed by atoms with Crippen molar-refractivity contribution < 1.29 is 4.79 Å². The van der Waals surface area contributed by atoms with Gasteiger partial charge in [0, 0.05) is 49.7 Å². The van der Waals surface area contributed by atoms with Gasteiger partial charge in [0.2, 0.25) is 0 Å². The molecule has 1 saturated carbocycles. The average molecular weight is 360 g/mol. The van der Waals surface area contributed by atoms with Crippen molar-refractivity contribution in [2.24, 2.45) is 7.05 Å². The van der Waals surface area contributed by atoms with Gasteiger partial charge in [-0.1, -0.05) is 24.3 Å². The summed E-state index contributed by atoms with van der Waals surface area (Å²) < 4.78 is 1.78. The first-order valence-corrected chi connectivity index (χ1v) is 9.31. The van der Waals surface area contributed by atoms with Gasteiger partial charge in [-0.25, -0.2) is 0 Å². The molecule has 1 fully saturated rings. The van der Waals surface area contributed by atoms with Crippen LogP contribution in [0.25, 0.3) is 11.1 Å². The minimum absolute atomic E-state index is 0.0958. The lowest BCUT2D eigenvalue weighted by Gasteiger charge is -2.22. The number of aryl methyl sites for hydroxylation is 1. The number of anilines is 1. The quantitative estimate of drug-likeness (QED) is 0.724. The molecule has 0 aliphatic heterocycles. The summed E-state index contributed by atoms with van der Waals surface area (Å²) in [4.78, 5) is 15.0. The third-order valence-electron chi connectivity index (χ3n) is 5.00. The number of carbonyl (C=O) groups excluding carboxylic acids is 1. The van der Waals surface area contributed by atoms with Gasteiger partial charge in [-0.15, -0.1) is 0 Å². The van der Waals surface area contributed by atoms with E-state index in [4.69, 9.17) is 0 Å². The summed E-state index contributed by atoms with van der Waals surface area (Å²) in [5.41, 5.74) is 5.14. The smallest absolute Gasteiger partial charge is 0.254 e. The maximum absolute atomic E-state index is 13.1. The molecule has 1 aromatic heterocycles. The number of benzene rings is 2. The zero-order valence-electron chi connectivity index (χ0n) is 15.7. The van der Waals surface area contributed by atoms with Crippen molar-refractivity contribution in [1.82, 2.24) is 14.7 Å². The van der Waals surface area contributed by atoms with Gasteiger partial charge in [0.15, 0.2) is 0 Å². The standard InChI is InChI=1S/C22H24N4O/c1-23-20-9-7-18(8-10-20)17-3-5-19(6-4-17)22(27)26(21-11-12-21)15-16-13-24-25(2)14-16/h3-10,13-14,21,23H,11-12,15H2,1-2H3. The van der Waals surface area contributed by atoms with E-state index >= 15 is 0 Å². The molecule has 3 aromatic rings. The number of hydrogen-bond acceptors (Lipinski definition) is 3. The van der Waals surface area contributed by atoms with Crippen molar-refractivity contribution in [3.63, 3.8) is 0 Å². The summed E-state index contributed by atoms with van der Waals surface area (Å²) in [7, 11) is 3.81. The molecule has 2 aromatic carbocycles. The predicted octanol–water partition coefficient (Wildman–Crippen LogP) is 3.93. The zero-order chi connectivity index (χ0) is 18.8. The Kier molecular flexibility index (Phi) is 4.67. The van der Waals surface area contributed by atoms with Crippen LogP contribution in [0.4, 0.5) is 5.69 Å². The van der Waals surface area contributed by atoms with E-state index in [1.807, 2.05) is 55.7 Å². The molecular weight excluding hydrogens is 336 g/mol. The highest BCUT2D eigenvalue weighted by molar-refractivity contribution is 5.95. The van der Waals surface area contributed by atoms with Crippen LogP contribution in [0.5, 0.6) is 0 Å². The highest BCUT2D eigenvalue weighted by Crippen LogP contribution is 2.30. The third kappa shape index (κ3) is 3.87. The maximum Gasteiger partial charge on any atom is 0.254 e. The van der Waals surface area contributed by atoms with Gasteiger partial charge in [-0.2, -0.15) is 5.10 Å². The van der Waals surface area contributed by atoms with E-state index in [1.165, 1.54) is 0 Å². The molecule has 0 unspecified atom stereocenters. The molecule has 1 heterocycles. The van der Waals surface area contributed by atoms with Crippen LogP contribution in [0.2, 0.25) is 0 Å². The molecule has 0 atom stereocenters. The topological polar surface area (TPSA) is 50.2 Å². The van der Waals surface area contributed by atoms with Gasteiger partial charge in [-0.05, 0) is 48.2 Å². The van der Waals surface area contributed by atoms with Crippen molar-refractivity contribution in [1.29, 1.82) is 0 Å². The first kappa shape index (κ1) is 17.3.